The molecule has 1 aromatic carbocycles. The molecule has 1 aromatic rings. The lowest BCUT2D eigenvalue weighted by Gasteiger charge is -2.41. The number of benzene rings is 1. The van der Waals surface area contributed by atoms with Gasteiger partial charge in [-0.15, -0.1) is 0 Å². The molecule has 1 aliphatic heterocycles. The Kier molecular flexibility index (Phi) is 3.20. The van der Waals surface area contributed by atoms with E-state index in [1.165, 1.54) is 5.69 Å². The monoisotopic (exact) mass is 218 g/mol. The summed E-state index contributed by atoms with van der Waals surface area (Å²) in [5.41, 5.74) is 1.67. The predicted molar refractivity (Wildman–Crippen MR) is 69.9 cm³/mol. The maximum Gasteiger partial charge on any atom is 0.0367 e. The maximum absolute atomic E-state index is 3.62. The summed E-state index contributed by atoms with van der Waals surface area (Å²) in [5, 5.41) is 3.62. The molecule has 1 fully saturated rings. The van der Waals surface area contributed by atoms with Crippen LogP contribution < -0.4 is 10.2 Å². The lowest BCUT2D eigenvalue weighted by molar-refractivity contribution is 0.254. The summed E-state index contributed by atoms with van der Waals surface area (Å²) in [7, 11) is 0. The summed E-state index contributed by atoms with van der Waals surface area (Å²) in [6.45, 7) is 10.2. The molecule has 1 aliphatic rings. The largest absolute Gasteiger partial charge is 0.369 e. The molecule has 88 valence electrons. The average Bonchev–Trinajstić information content (AvgIpc) is 2.29. The van der Waals surface area contributed by atoms with Crippen molar-refractivity contribution in [2.24, 2.45) is 5.41 Å². The van der Waals surface area contributed by atoms with E-state index in [9.17, 15) is 0 Å². The Hall–Kier alpha value is -1.02. The summed E-state index contributed by atoms with van der Waals surface area (Å²) >= 11 is 0. The second-order valence-electron chi connectivity index (χ2n) is 5.65. The Morgan fingerprint density at radius 1 is 1.19 bits per heavy atom. The zero-order valence-corrected chi connectivity index (χ0v) is 10.5. The molecule has 2 heteroatoms. The highest BCUT2D eigenvalue weighted by Gasteiger charge is 2.29. The summed E-state index contributed by atoms with van der Waals surface area (Å²) in [6, 6.07) is 11.3. The highest BCUT2D eigenvalue weighted by Crippen LogP contribution is 2.24. The summed E-state index contributed by atoms with van der Waals surface area (Å²) in [5.74, 6) is 0. The third-order valence-corrected chi connectivity index (χ3v) is 3.34. The van der Waals surface area contributed by atoms with Crippen molar-refractivity contribution in [3.05, 3.63) is 30.3 Å². The van der Waals surface area contributed by atoms with Crippen molar-refractivity contribution in [1.82, 2.24) is 5.32 Å². The molecule has 0 aromatic heterocycles. The van der Waals surface area contributed by atoms with Gasteiger partial charge < -0.3 is 10.2 Å². The molecule has 1 saturated heterocycles. The second-order valence-corrected chi connectivity index (χ2v) is 5.65. The summed E-state index contributed by atoms with van der Waals surface area (Å²) < 4.78 is 0. The Balaban J connectivity index is 2.08. The second kappa shape index (κ2) is 4.46. The van der Waals surface area contributed by atoms with Gasteiger partial charge in [-0.2, -0.15) is 0 Å². The molecule has 1 heterocycles. The van der Waals surface area contributed by atoms with Crippen molar-refractivity contribution in [3.63, 3.8) is 0 Å². The molecule has 1 unspecified atom stereocenters. The minimum absolute atomic E-state index is 0.327. The number of para-hydroxylation sites is 1. The first kappa shape index (κ1) is 11.5. The first-order chi connectivity index (χ1) is 7.57. The molecular weight excluding hydrogens is 196 g/mol. The van der Waals surface area contributed by atoms with Crippen LogP contribution in [0.1, 0.15) is 20.8 Å². The first-order valence-corrected chi connectivity index (χ1v) is 6.11. The Bertz CT molecular complexity index is 326. The fourth-order valence-electron chi connectivity index (χ4n) is 2.20. The van der Waals surface area contributed by atoms with E-state index in [1.54, 1.807) is 0 Å². The van der Waals surface area contributed by atoms with E-state index >= 15 is 0 Å². The van der Waals surface area contributed by atoms with Gasteiger partial charge in [0, 0.05) is 31.4 Å². The van der Waals surface area contributed by atoms with Gasteiger partial charge in [0.1, 0.15) is 0 Å². The molecule has 1 atom stereocenters. The minimum Gasteiger partial charge on any atom is -0.369 e. The molecule has 0 amide bonds. The average molecular weight is 218 g/mol. The highest BCUT2D eigenvalue weighted by molar-refractivity contribution is 5.46. The molecular formula is C14H22N2. The van der Waals surface area contributed by atoms with Gasteiger partial charge >= 0.3 is 0 Å². The van der Waals surface area contributed by atoms with Crippen LogP contribution in [0.4, 0.5) is 5.69 Å². The number of piperazine rings is 1. The van der Waals surface area contributed by atoms with Crippen LogP contribution in [0.25, 0.3) is 0 Å². The van der Waals surface area contributed by atoms with Crippen LogP contribution in [-0.2, 0) is 0 Å². The van der Waals surface area contributed by atoms with E-state index in [0.717, 1.165) is 19.6 Å². The van der Waals surface area contributed by atoms with E-state index in [-0.39, 0.29) is 0 Å². The van der Waals surface area contributed by atoms with Gasteiger partial charge in [-0.3, -0.25) is 0 Å². The molecule has 0 saturated carbocycles. The normalized spacial score (nSPS) is 22.2. The molecule has 16 heavy (non-hydrogen) atoms. The number of hydrogen-bond acceptors (Lipinski definition) is 2. The predicted octanol–water partition coefficient (Wildman–Crippen LogP) is 2.51. The van der Waals surface area contributed by atoms with Crippen LogP contribution in [0.5, 0.6) is 0 Å². The molecule has 0 radical (unpaired) electrons. The van der Waals surface area contributed by atoms with Crippen molar-refractivity contribution < 1.29 is 0 Å². The fourth-order valence-corrected chi connectivity index (χ4v) is 2.20. The Morgan fingerprint density at radius 2 is 1.88 bits per heavy atom. The van der Waals surface area contributed by atoms with E-state index in [1.807, 2.05) is 0 Å². The van der Waals surface area contributed by atoms with Crippen molar-refractivity contribution in [2.45, 2.75) is 26.8 Å². The van der Waals surface area contributed by atoms with Gasteiger partial charge in [-0.25, -0.2) is 0 Å². The Labute approximate surface area is 98.7 Å². The molecule has 1 N–H and O–H groups in total. The van der Waals surface area contributed by atoms with Crippen LogP contribution in [-0.4, -0.2) is 25.7 Å². The standard InChI is InChI=1S/C14H22N2/c1-14(2,3)13-11-16(10-9-15-13)12-7-5-4-6-8-12/h4-8,13,15H,9-11H2,1-3H3. The van der Waals surface area contributed by atoms with Gasteiger partial charge in [-0.1, -0.05) is 39.0 Å². The number of nitrogens with one attached hydrogen (secondary N) is 1. The van der Waals surface area contributed by atoms with E-state index in [4.69, 9.17) is 0 Å². The maximum atomic E-state index is 3.62. The van der Waals surface area contributed by atoms with E-state index in [2.05, 4.69) is 61.3 Å². The van der Waals surface area contributed by atoms with Gasteiger partial charge in [-0.05, 0) is 17.5 Å². The summed E-state index contributed by atoms with van der Waals surface area (Å²) in [6.07, 6.45) is 0. The molecule has 0 spiro atoms. The van der Waals surface area contributed by atoms with Crippen LogP contribution >= 0.6 is 0 Å². The SMILES string of the molecule is CC(C)(C)C1CN(c2ccccc2)CCN1. The minimum atomic E-state index is 0.327. The topological polar surface area (TPSA) is 15.3 Å². The summed E-state index contributed by atoms with van der Waals surface area (Å²) in [4.78, 5) is 2.48. The number of anilines is 1. The molecule has 0 bridgehead atoms. The van der Waals surface area contributed by atoms with Crippen LogP contribution in [0, 0.1) is 5.41 Å². The number of rotatable bonds is 1. The number of hydrogen-bond donors (Lipinski definition) is 1. The zero-order chi connectivity index (χ0) is 11.6. The van der Waals surface area contributed by atoms with Gasteiger partial charge in [0.2, 0.25) is 0 Å². The highest BCUT2D eigenvalue weighted by atomic mass is 15.2. The van der Waals surface area contributed by atoms with E-state index < -0.39 is 0 Å². The zero-order valence-electron chi connectivity index (χ0n) is 10.5. The third-order valence-electron chi connectivity index (χ3n) is 3.34. The quantitative estimate of drug-likeness (QED) is 0.779. The lowest BCUT2D eigenvalue weighted by atomic mass is 9.85. The van der Waals surface area contributed by atoms with Crippen molar-refractivity contribution in [2.75, 3.05) is 24.5 Å². The molecule has 2 nitrogen and oxygen atoms in total. The van der Waals surface area contributed by atoms with Crippen molar-refractivity contribution in [1.29, 1.82) is 0 Å². The smallest absolute Gasteiger partial charge is 0.0367 e. The fraction of sp³-hybridized carbons (Fsp3) is 0.571. The van der Waals surface area contributed by atoms with Crippen LogP contribution in [0.15, 0.2) is 30.3 Å². The lowest BCUT2D eigenvalue weighted by Crippen LogP contribution is -2.56. The van der Waals surface area contributed by atoms with Gasteiger partial charge in [0.05, 0.1) is 0 Å². The van der Waals surface area contributed by atoms with Gasteiger partial charge in [0.15, 0.2) is 0 Å². The van der Waals surface area contributed by atoms with Crippen LogP contribution in [0.2, 0.25) is 0 Å². The van der Waals surface area contributed by atoms with Crippen molar-refractivity contribution >= 4 is 5.69 Å². The van der Waals surface area contributed by atoms with Gasteiger partial charge in [0.25, 0.3) is 0 Å². The van der Waals surface area contributed by atoms with Crippen molar-refractivity contribution in [3.8, 4) is 0 Å². The van der Waals surface area contributed by atoms with Crippen LogP contribution in [0.3, 0.4) is 0 Å². The Morgan fingerprint density at radius 3 is 2.50 bits per heavy atom. The molecule has 2 rings (SSSR count). The van der Waals surface area contributed by atoms with E-state index in [0.29, 0.717) is 11.5 Å². The first-order valence-electron chi connectivity index (χ1n) is 6.11. The third kappa shape index (κ3) is 2.56. The molecule has 0 aliphatic carbocycles. The number of nitrogens with zero attached hydrogens (tertiary/aromatic N) is 1.